The van der Waals surface area contributed by atoms with Gasteiger partial charge in [-0.3, -0.25) is 19.6 Å². The van der Waals surface area contributed by atoms with E-state index >= 15 is 0 Å². The monoisotopic (exact) mass is 481 g/mol. The van der Waals surface area contributed by atoms with E-state index in [1.54, 1.807) is 6.92 Å². The van der Waals surface area contributed by atoms with Gasteiger partial charge in [0.25, 0.3) is 0 Å². The van der Waals surface area contributed by atoms with Crippen LogP contribution in [0.15, 0.2) is 30.3 Å². The number of hydrogen-bond acceptors (Lipinski definition) is 6. The van der Waals surface area contributed by atoms with Crippen LogP contribution in [0.1, 0.15) is 58.9 Å². The summed E-state index contributed by atoms with van der Waals surface area (Å²) in [5.74, 6) is -2.91. The first kappa shape index (κ1) is 31.0. The second kappa shape index (κ2) is 16.6. The molecule has 0 aliphatic carbocycles. The highest BCUT2D eigenvalue weighted by Gasteiger charge is 2.33. The van der Waals surface area contributed by atoms with Crippen LogP contribution in [0.2, 0.25) is 0 Å². The van der Waals surface area contributed by atoms with Gasteiger partial charge in [0.1, 0.15) is 12.1 Å². The molecule has 2 amide bonds. The maximum Gasteiger partial charge on any atom is 0.326 e. The zero-order valence-electron chi connectivity index (χ0n) is 20.4. The van der Waals surface area contributed by atoms with Crippen LogP contribution in [0.5, 0.6) is 0 Å². The Bertz CT molecular complexity index is 771. The lowest BCUT2D eigenvalue weighted by Crippen LogP contribution is -2.49. The molecule has 0 fully saturated rings. The summed E-state index contributed by atoms with van der Waals surface area (Å²) < 4.78 is 0. The molecule has 10 nitrogen and oxygen atoms in total. The third kappa shape index (κ3) is 12.3. The Labute approximate surface area is 201 Å². The number of nitrogens with two attached hydrogens (primary N) is 1. The highest BCUT2D eigenvalue weighted by Crippen LogP contribution is 2.18. The molecule has 34 heavy (non-hydrogen) atoms. The topological polar surface area (TPSA) is 170 Å². The first-order valence-corrected chi connectivity index (χ1v) is 11.4. The van der Waals surface area contributed by atoms with E-state index < -0.39 is 35.8 Å². The summed E-state index contributed by atoms with van der Waals surface area (Å²) in [5, 5.41) is 26.5. The number of carbonyl (C=O) groups excluding carboxylic acids is 2. The van der Waals surface area contributed by atoms with Gasteiger partial charge >= 0.3 is 11.9 Å². The van der Waals surface area contributed by atoms with Gasteiger partial charge in [-0.1, -0.05) is 64.4 Å². The van der Waals surface area contributed by atoms with Crippen LogP contribution in [0.25, 0.3) is 0 Å². The van der Waals surface area contributed by atoms with Crippen LogP contribution in [-0.2, 0) is 25.6 Å². The number of hydroxylamine groups is 1. The van der Waals surface area contributed by atoms with Gasteiger partial charge in [0, 0.05) is 19.4 Å². The summed E-state index contributed by atoms with van der Waals surface area (Å²) in [6.07, 6.45) is 1.35. The lowest BCUT2D eigenvalue weighted by Gasteiger charge is -2.32. The third-order valence-corrected chi connectivity index (χ3v) is 5.31. The molecule has 1 rings (SSSR count). The standard InChI is InChI=1S/C18H26N2O5.C6H13NO2/c1-3-13(2)17(18(23)24)20(16(22)10-9-15(21)19-25)12-11-14-7-5-4-6-8-14;1-4(2)3-5(7)6(8)9/h4-8,13,17,25H,3,9-12H2,1-2H3,(H,19,21)(H,23,24);4-5H,3,7H2,1-2H3,(H,8,9). The van der Waals surface area contributed by atoms with Crippen LogP contribution in [-0.4, -0.2) is 62.7 Å². The van der Waals surface area contributed by atoms with E-state index in [1.807, 2.05) is 51.1 Å². The van der Waals surface area contributed by atoms with Gasteiger partial charge in [-0.05, 0) is 30.2 Å². The van der Waals surface area contributed by atoms with Gasteiger partial charge in [0.2, 0.25) is 11.8 Å². The average molecular weight is 482 g/mol. The number of nitrogens with zero attached hydrogens (tertiary/aromatic N) is 1. The normalized spacial score (nSPS) is 13.1. The fraction of sp³-hybridized carbons (Fsp3) is 0.583. The highest BCUT2D eigenvalue weighted by molar-refractivity contribution is 5.87. The molecule has 0 radical (unpaired) electrons. The van der Waals surface area contributed by atoms with Gasteiger partial charge in [-0.2, -0.15) is 0 Å². The molecule has 0 aliphatic rings. The zero-order chi connectivity index (χ0) is 26.3. The smallest absolute Gasteiger partial charge is 0.326 e. The molecule has 0 saturated heterocycles. The van der Waals surface area contributed by atoms with E-state index in [9.17, 15) is 24.3 Å². The van der Waals surface area contributed by atoms with Crippen molar-refractivity contribution in [2.24, 2.45) is 17.6 Å². The molecule has 192 valence electrons. The van der Waals surface area contributed by atoms with E-state index in [1.165, 1.54) is 10.4 Å². The molecule has 1 aromatic rings. The van der Waals surface area contributed by atoms with Crippen molar-refractivity contribution in [2.75, 3.05) is 6.54 Å². The summed E-state index contributed by atoms with van der Waals surface area (Å²) in [6, 6.07) is 7.86. The zero-order valence-corrected chi connectivity index (χ0v) is 20.4. The number of carboxylic acid groups (broad SMARTS) is 2. The quantitative estimate of drug-likeness (QED) is 0.211. The number of rotatable bonds is 13. The highest BCUT2D eigenvalue weighted by atomic mass is 16.5. The lowest BCUT2D eigenvalue weighted by molar-refractivity contribution is -0.153. The van der Waals surface area contributed by atoms with Crippen molar-refractivity contribution in [1.29, 1.82) is 0 Å². The molecule has 0 heterocycles. The second-order valence-electron chi connectivity index (χ2n) is 8.60. The van der Waals surface area contributed by atoms with Gasteiger partial charge in [-0.15, -0.1) is 0 Å². The maximum atomic E-state index is 12.6. The number of hydrogen-bond donors (Lipinski definition) is 5. The van der Waals surface area contributed by atoms with Crippen LogP contribution in [0.3, 0.4) is 0 Å². The first-order valence-electron chi connectivity index (χ1n) is 11.4. The summed E-state index contributed by atoms with van der Waals surface area (Å²) in [6.45, 7) is 7.82. The molecular weight excluding hydrogens is 442 g/mol. The molecule has 6 N–H and O–H groups in total. The molecular formula is C24H39N3O7. The SMILES string of the molecule is CC(C)CC(N)C(=O)O.CCC(C)C(C(=O)O)N(CCc1ccccc1)C(=O)CCC(=O)NO. The Morgan fingerprint density at radius 2 is 1.59 bits per heavy atom. The number of benzene rings is 1. The number of amides is 2. The van der Waals surface area contributed by atoms with Crippen molar-refractivity contribution in [2.45, 2.75) is 71.9 Å². The van der Waals surface area contributed by atoms with Crippen molar-refractivity contribution in [3.8, 4) is 0 Å². The van der Waals surface area contributed by atoms with E-state index in [2.05, 4.69) is 0 Å². The van der Waals surface area contributed by atoms with Gasteiger partial charge < -0.3 is 20.8 Å². The third-order valence-electron chi connectivity index (χ3n) is 5.31. The predicted molar refractivity (Wildman–Crippen MR) is 127 cm³/mol. The minimum atomic E-state index is -1.05. The lowest BCUT2D eigenvalue weighted by atomic mass is 9.96. The average Bonchev–Trinajstić information content (AvgIpc) is 2.79. The number of aliphatic carboxylic acids is 2. The molecule has 3 atom stereocenters. The summed E-state index contributed by atoms with van der Waals surface area (Å²) in [5.41, 5.74) is 7.70. The van der Waals surface area contributed by atoms with Crippen LogP contribution >= 0.6 is 0 Å². The Balaban J connectivity index is 0.00000102. The molecule has 10 heteroatoms. The molecule has 0 saturated carbocycles. The van der Waals surface area contributed by atoms with Gasteiger partial charge in [-0.25, -0.2) is 10.3 Å². The van der Waals surface area contributed by atoms with Crippen molar-refractivity contribution < 1.29 is 34.6 Å². The largest absolute Gasteiger partial charge is 0.480 e. The van der Waals surface area contributed by atoms with Crippen LogP contribution < -0.4 is 11.2 Å². The minimum absolute atomic E-state index is 0.151. The van der Waals surface area contributed by atoms with E-state index in [-0.39, 0.29) is 25.3 Å². The second-order valence-corrected chi connectivity index (χ2v) is 8.60. The van der Waals surface area contributed by atoms with Gasteiger partial charge in [0.05, 0.1) is 0 Å². The molecule has 0 aromatic heterocycles. The molecule has 3 unspecified atom stereocenters. The Kier molecular flexibility index (Phi) is 15.1. The molecule has 0 aliphatic heterocycles. The van der Waals surface area contributed by atoms with Gasteiger partial charge in [0.15, 0.2) is 0 Å². The van der Waals surface area contributed by atoms with Crippen molar-refractivity contribution >= 4 is 23.8 Å². The van der Waals surface area contributed by atoms with E-state index in [4.69, 9.17) is 16.0 Å². The first-order chi connectivity index (χ1) is 15.9. The van der Waals surface area contributed by atoms with Crippen molar-refractivity contribution in [1.82, 2.24) is 10.4 Å². The summed E-state index contributed by atoms with van der Waals surface area (Å²) in [7, 11) is 0. The van der Waals surface area contributed by atoms with E-state index in [0.29, 0.717) is 25.2 Å². The fourth-order valence-electron chi connectivity index (χ4n) is 3.25. The fourth-order valence-corrected chi connectivity index (χ4v) is 3.25. The summed E-state index contributed by atoms with van der Waals surface area (Å²) in [4.78, 5) is 46.9. The Morgan fingerprint density at radius 3 is 2.00 bits per heavy atom. The van der Waals surface area contributed by atoms with E-state index in [0.717, 1.165) is 5.56 Å². The predicted octanol–water partition coefficient (Wildman–Crippen LogP) is 2.29. The van der Waals surface area contributed by atoms with Crippen molar-refractivity contribution in [3.63, 3.8) is 0 Å². The van der Waals surface area contributed by atoms with Crippen molar-refractivity contribution in [3.05, 3.63) is 35.9 Å². The Morgan fingerprint density at radius 1 is 1.00 bits per heavy atom. The number of nitrogens with one attached hydrogen (secondary N) is 1. The maximum absolute atomic E-state index is 12.6. The minimum Gasteiger partial charge on any atom is -0.480 e. The van der Waals surface area contributed by atoms with Crippen LogP contribution in [0.4, 0.5) is 0 Å². The van der Waals surface area contributed by atoms with Crippen LogP contribution in [0, 0.1) is 11.8 Å². The molecule has 0 spiro atoms. The number of carbonyl (C=O) groups is 4. The molecule has 1 aromatic carbocycles. The molecule has 0 bridgehead atoms. The summed E-state index contributed by atoms with van der Waals surface area (Å²) >= 11 is 0. The Hall–Kier alpha value is -2.98. The number of carboxylic acids is 2.